The van der Waals surface area contributed by atoms with Crippen LogP contribution in [0.4, 0.5) is 24.5 Å². The van der Waals surface area contributed by atoms with E-state index in [4.69, 9.17) is 0 Å². The SMILES string of the molecule is O=[N+]([O-])c1ccccc1CNc1cccc(-c2c(Cc3ccccc3)cnc3c(C(F)(F)F)cccc23)c1. The number of nitro groups is 1. The van der Waals surface area contributed by atoms with Gasteiger partial charge in [0.15, 0.2) is 0 Å². The normalized spacial score (nSPS) is 11.4. The Balaban J connectivity index is 1.60. The second-order valence-electron chi connectivity index (χ2n) is 8.84. The van der Waals surface area contributed by atoms with Gasteiger partial charge in [-0.3, -0.25) is 15.1 Å². The molecule has 5 rings (SSSR count). The highest BCUT2D eigenvalue weighted by atomic mass is 19.4. The summed E-state index contributed by atoms with van der Waals surface area (Å²) in [5.74, 6) is 0. The molecule has 4 aromatic carbocycles. The van der Waals surface area contributed by atoms with Gasteiger partial charge in [0.05, 0.1) is 16.0 Å². The van der Waals surface area contributed by atoms with E-state index in [2.05, 4.69) is 10.3 Å². The summed E-state index contributed by atoms with van der Waals surface area (Å²) in [4.78, 5) is 15.2. The number of nitro benzene ring substituents is 1. The van der Waals surface area contributed by atoms with Gasteiger partial charge >= 0.3 is 6.18 Å². The largest absolute Gasteiger partial charge is 0.418 e. The first-order valence-corrected chi connectivity index (χ1v) is 11.9. The number of fused-ring (bicyclic) bond motifs is 1. The molecular weight excluding hydrogens is 491 g/mol. The van der Waals surface area contributed by atoms with E-state index >= 15 is 0 Å². The molecule has 190 valence electrons. The summed E-state index contributed by atoms with van der Waals surface area (Å²) >= 11 is 0. The molecular formula is C30H22F3N3O2. The lowest BCUT2D eigenvalue weighted by molar-refractivity contribution is -0.385. The maximum absolute atomic E-state index is 13.8. The summed E-state index contributed by atoms with van der Waals surface area (Å²) in [6.07, 6.45) is -2.53. The van der Waals surface area contributed by atoms with Crippen molar-refractivity contribution in [3.8, 4) is 11.1 Å². The van der Waals surface area contributed by atoms with Crippen LogP contribution in [-0.2, 0) is 19.1 Å². The van der Waals surface area contributed by atoms with E-state index in [0.717, 1.165) is 22.8 Å². The fourth-order valence-electron chi connectivity index (χ4n) is 4.60. The molecule has 0 aliphatic rings. The zero-order valence-corrected chi connectivity index (χ0v) is 20.1. The summed E-state index contributed by atoms with van der Waals surface area (Å²) in [6, 6.07) is 27.6. The van der Waals surface area contributed by atoms with Crippen LogP contribution < -0.4 is 5.32 Å². The number of para-hydroxylation sites is 2. The van der Waals surface area contributed by atoms with Crippen LogP contribution in [0, 0.1) is 10.1 Å². The number of nitrogens with zero attached hydrogens (tertiary/aromatic N) is 2. The second-order valence-corrected chi connectivity index (χ2v) is 8.84. The van der Waals surface area contributed by atoms with Gasteiger partial charge in [-0.25, -0.2) is 0 Å². The van der Waals surface area contributed by atoms with Crippen molar-refractivity contribution < 1.29 is 18.1 Å². The fourth-order valence-corrected chi connectivity index (χ4v) is 4.60. The molecule has 0 spiro atoms. The Kier molecular flexibility index (Phi) is 6.79. The van der Waals surface area contributed by atoms with Crippen molar-refractivity contribution in [2.75, 3.05) is 5.32 Å². The third-order valence-corrected chi connectivity index (χ3v) is 6.34. The van der Waals surface area contributed by atoms with Crippen molar-refractivity contribution in [2.45, 2.75) is 19.1 Å². The molecule has 0 fully saturated rings. The van der Waals surface area contributed by atoms with Gasteiger partial charge in [0.25, 0.3) is 5.69 Å². The van der Waals surface area contributed by atoms with Crippen molar-refractivity contribution in [1.82, 2.24) is 4.98 Å². The Hall–Kier alpha value is -4.72. The Morgan fingerprint density at radius 1 is 0.842 bits per heavy atom. The molecule has 0 aliphatic carbocycles. The number of aromatic nitrogens is 1. The minimum atomic E-state index is -4.54. The van der Waals surface area contributed by atoms with Crippen molar-refractivity contribution in [3.05, 3.63) is 136 Å². The summed E-state index contributed by atoms with van der Waals surface area (Å²) < 4.78 is 41.4. The standard InChI is InChI=1S/C30H22F3N3O2/c31-30(32,33)26-14-7-13-25-28(23(19-35-29(25)26)16-20-8-2-1-3-9-20)21-11-6-12-24(17-21)34-18-22-10-4-5-15-27(22)36(37)38/h1-15,17,19,34H,16,18H2. The summed E-state index contributed by atoms with van der Waals surface area (Å²) in [7, 11) is 0. The van der Waals surface area contributed by atoms with Crippen molar-refractivity contribution in [1.29, 1.82) is 0 Å². The average Bonchev–Trinajstić information content (AvgIpc) is 2.91. The molecule has 0 amide bonds. The number of alkyl halides is 3. The highest BCUT2D eigenvalue weighted by Crippen LogP contribution is 2.39. The number of hydrogen-bond donors (Lipinski definition) is 1. The molecule has 0 aliphatic heterocycles. The van der Waals surface area contributed by atoms with Crippen LogP contribution in [0.3, 0.4) is 0 Å². The van der Waals surface area contributed by atoms with E-state index in [1.54, 1.807) is 24.3 Å². The lowest BCUT2D eigenvalue weighted by Gasteiger charge is -2.17. The molecule has 0 unspecified atom stereocenters. The monoisotopic (exact) mass is 513 g/mol. The Morgan fingerprint density at radius 3 is 2.34 bits per heavy atom. The van der Waals surface area contributed by atoms with Crippen LogP contribution in [0.5, 0.6) is 0 Å². The maximum Gasteiger partial charge on any atom is 0.418 e. The molecule has 0 saturated carbocycles. The number of anilines is 1. The van der Waals surface area contributed by atoms with Crippen LogP contribution in [0.2, 0.25) is 0 Å². The van der Waals surface area contributed by atoms with Gasteiger partial charge in [-0.05, 0) is 46.9 Å². The number of benzene rings is 4. The lowest BCUT2D eigenvalue weighted by atomic mass is 9.91. The number of rotatable bonds is 7. The molecule has 0 saturated heterocycles. The molecule has 5 nitrogen and oxygen atoms in total. The van der Waals surface area contributed by atoms with E-state index in [1.165, 1.54) is 18.3 Å². The van der Waals surface area contributed by atoms with Gasteiger partial charge in [-0.2, -0.15) is 13.2 Å². The molecule has 5 aromatic rings. The average molecular weight is 514 g/mol. The zero-order valence-electron chi connectivity index (χ0n) is 20.1. The van der Waals surface area contributed by atoms with Crippen LogP contribution >= 0.6 is 0 Å². The molecule has 38 heavy (non-hydrogen) atoms. The summed E-state index contributed by atoms with van der Waals surface area (Å²) in [5.41, 5.74) is 3.51. The maximum atomic E-state index is 13.8. The van der Waals surface area contributed by atoms with Gasteiger partial charge in [-0.15, -0.1) is 0 Å². The predicted octanol–water partition coefficient (Wildman–Crippen LogP) is 8.03. The third-order valence-electron chi connectivity index (χ3n) is 6.34. The molecule has 0 radical (unpaired) electrons. The molecule has 1 N–H and O–H groups in total. The van der Waals surface area contributed by atoms with Gasteiger partial charge < -0.3 is 5.32 Å². The molecule has 0 bridgehead atoms. The fraction of sp³-hybridized carbons (Fsp3) is 0.100. The second kappa shape index (κ2) is 10.3. The third kappa shape index (κ3) is 5.20. The van der Waals surface area contributed by atoms with Crippen molar-refractivity contribution in [3.63, 3.8) is 0 Å². The number of hydrogen-bond acceptors (Lipinski definition) is 4. The first-order chi connectivity index (χ1) is 18.3. The van der Waals surface area contributed by atoms with E-state index in [1.807, 2.05) is 54.6 Å². The number of pyridine rings is 1. The van der Waals surface area contributed by atoms with Gasteiger partial charge in [0, 0.05) is 35.4 Å². The Morgan fingerprint density at radius 2 is 1.58 bits per heavy atom. The highest BCUT2D eigenvalue weighted by Gasteiger charge is 2.33. The molecule has 8 heteroatoms. The number of nitrogens with one attached hydrogen (secondary N) is 1. The highest BCUT2D eigenvalue weighted by molar-refractivity contribution is 5.98. The smallest absolute Gasteiger partial charge is 0.381 e. The summed E-state index contributed by atoms with van der Waals surface area (Å²) in [5, 5.41) is 15.0. The quantitative estimate of drug-likeness (QED) is 0.177. The molecule has 1 aromatic heterocycles. The Bertz CT molecular complexity index is 1620. The van der Waals surface area contributed by atoms with Crippen LogP contribution in [-0.4, -0.2) is 9.91 Å². The molecule has 1 heterocycles. The van der Waals surface area contributed by atoms with E-state index in [-0.39, 0.29) is 17.7 Å². The Labute approximate surface area is 216 Å². The van der Waals surface area contributed by atoms with E-state index in [0.29, 0.717) is 28.6 Å². The molecule has 0 atom stereocenters. The van der Waals surface area contributed by atoms with Gasteiger partial charge in [0.2, 0.25) is 0 Å². The first kappa shape index (κ1) is 25.0. The predicted molar refractivity (Wildman–Crippen MR) is 142 cm³/mol. The van der Waals surface area contributed by atoms with Crippen LogP contribution in [0.1, 0.15) is 22.3 Å². The topological polar surface area (TPSA) is 68.1 Å². The minimum absolute atomic E-state index is 0.0149. The van der Waals surface area contributed by atoms with Crippen LogP contribution in [0.15, 0.2) is 103 Å². The van der Waals surface area contributed by atoms with Crippen molar-refractivity contribution in [2.24, 2.45) is 0 Å². The van der Waals surface area contributed by atoms with E-state index in [9.17, 15) is 23.3 Å². The van der Waals surface area contributed by atoms with Crippen molar-refractivity contribution >= 4 is 22.3 Å². The lowest BCUT2D eigenvalue weighted by Crippen LogP contribution is -2.07. The number of halogens is 3. The van der Waals surface area contributed by atoms with Gasteiger partial charge in [0.1, 0.15) is 0 Å². The summed E-state index contributed by atoms with van der Waals surface area (Å²) in [6.45, 7) is 0.215. The minimum Gasteiger partial charge on any atom is -0.381 e. The van der Waals surface area contributed by atoms with Crippen LogP contribution in [0.25, 0.3) is 22.0 Å². The van der Waals surface area contributed by atoms with Gasteiger partial charge in [-0.1, -0.05) is 72.8 Å². The zero-order chi connectivity index (χ0) is 26.7. The van der Waals surface area contributed by atoms with E-state index < -0.39 is 16.7 Å². The first-order valence-electron chi connectivity index (χ1n) is 11.9.